The average Bonchev–Trinajstić information content (AvgIpc) is 2.69. The lowest BCUT2D eigenvalue weighted by molar-refractivity contribution is -0.187. The van der Waals surface area contributed by atoms with Crippen LogP contribution >= 0.6 is 43.5 Å². The summed E-state index contributed by atoms with van der Waals surface area (Å²) < 4.78 is 6.64. The van der Waals surface area contributed by atoms with Crippen LogP contribution in [-0.2, 0) is 14.3 Å². The Bertz CT molecular complexity index is 969. The highest BCUT2D eigenvalue weighted by atomic mass is 79.9. The molecule has 0 radical (unpaired) electrons. The molecule has 2 aromatic rings. The van der Waals surface area contributed by atoms with E-state index in [9.17, 15) is 14.4 Å². The summed E-state index contributed by atoms with van der Waals surface area (Å²) in [5.41, 5.74) is -1.61. The highest BCUT2D eigenvalue weighted by Gasteiger charge is 2.62. The van der Waals surface area contributed by atoms with Crippen molar-refractivity contribution in [2.75, 3.05) is 0 Å². The normalized spacial score (nSPS) is 24.7. The molecule has 0 unspecified atom stereocenters. The predicted molar refractivity (Wildman–Crippen MR) is 118 cm³/mol. The molecule has 1 aliphatic rings. The molecule has 152 valence electrons. The summed E-state index contributed by atoms with van der Waals surface area (Å²) in [6.07, 6.45) is -0.742. The minimum atomic E-state index is -1.66. The van der Waals surface area contributed by atoms with Crippen LogP contribution in [0.2, 0.25) is 5.02 Å². The second kappa shape index (κ2) is 7.97. The number of rotatable bonds is 4. The minimum Gasteiger partial charge on any atom is -0.456 e. The minimum absolute atomic E-state index is 0.349. The fraction of sp³-hybridized carbons (Fsp3) is 0.318. The summed E-state index contributed by atoms with van der Waals surface area (Å²) in [4.78, 5) is 38.5. The quantitative estimate of drug-likeness (QED) is 0.207. The summed E-state index contributed by atoms with van der Waals surface area (Å²) in [5.74, 6) is -1.45. The first kappa shape index (κ1) is 22.2. The van der Waals surface area contributed by atoms with Gasteiger partial charge in [-0.05, 0) is 62.7 Å². The zero-order chi connectivity index (χ0) is 21.6. The first-order valence-electron chi connectivity index (χ1n) is 8.95. The van der Waals surface area contributed by atoms with Crippen molar-refractivity contribution in [2.24, 2.45) is 10.8 Å². The Kier molecular flexibility index (Phi) is 6.10. The molecular formula is C22H19Br2ClO4. The largest absolute Gasteiger partial charge is 0.456 e. The Balaban J connectivity index is 1.97. The van der Waals surface area contributed by atoms with Gasteiger partial charge in [0.15, 0.2) is 11.6 Å². The van der Waals surface area contributed by atoms with Gasteiger partial charge in [-0.2, -0.15) is 0 Å². The topological polar surface area (TPSA) is 60.4 Å². The van der Waals surface area contributed by atoms with Crippen LogP contribution in [0.3, 0.4) is 0 Å². The van der Waals surface area contributed by atoms with Gasteiger partial charge in [0.2, 0.25) is 0 Å². The zero-order valence-corrected chi connectivity index (χ0v) is 20.0. The molecule has 0 spiro atoms. The maximum atomic E-state index is 13.5. The number of hydrogen-bond donors (Lipinski definition) is 0. The molecule has 1 saturated heterocycles. The van der Waals surface area contributed by atoms with Crippen molar-refractivity contribution in [2.45, 2.75) is 31.7 Å². The maximum Gasteiger partial charge on any atom is 0.321 e. The Morgan fingerprint density at radius 3 is 2.14 bits per heavy atom. The molecule has 0 aliphatic carbocycles. The number of cyclic esters (lactones) is 1. The van der Waals surface area contributed by atoms with Crippen LogP contribution in [0.4, 0.5) is 0 Å². The third-order valence-corrected chi connectivity index (χ3v) is 7.51. The molecule has 1 heterocycles. The number of alkyl halides is 1. The number of carbonyl (C=O) groups excluding carboxylic acids is 3. The molecule has 2 aromatic carbocycles. The second-order valence-corrected chi connectivity index (χ2v) is 10.1. The van der Waals surface area contributed by atoms with Crippen molar-refractivity contribution in [3.05, 3.63) is 69.2 Å². The van der Waals surface area contributed by atoms with E-state index in [0.717, 1.165) is 10.0 Å². The smallest absolute Gasteiger partial charge is 0.321 e. The summed E-state index contributed by atoms with van der Waals surface area (Å²) >= 11 is 12.6. The van der Waals surface area contributed by atoms with Gasteiger partial charge in [0.25, 0.3) is 0 Å². The number of ether oxygens (including phenoxy) is 1. The number of halogens is 3. The standard InChI is InChI=1S/C22H19Br2ClO4/c1-21(2)18(13-4-8-14(23)9-5-13)29-20(28)22(3,19(21)27)17(24)16(26)12-6-10-15(25)11-7-12/h4-11,17-18H,1-3H3/t17-,18-,22+/m1/s1. The SMILES string of the molecule is CC1(C)C(=O)[C@](C)([C@H](Br)C(=O)c2ccc(Cl)cc2)C(=O)O[C@@H]1c1ccc(Br)cc1. The fourth-order valence-electron chi connectivity index (χ4n) is 3.62. The van der Waals surface area contributed by atoms with Crippen LogP contribution in [0, 0.1) is 10.8 Å². The van der Waals surface area contributed by atoms with E-state index in [1.807, 2.05) is 24.3 Å². The van der Waals surface area contributed by atoms with Gasteiger partial charge in [-0.15, -0.1) is 0 Å². The molecule has 29 heavy (non-hydrogen) atoms. The van der Waals surface area contributed by atoms with Crippen molar-refractivity contribution in [1.82, 2.24) is 0 Å². The molecule has 0 N–H and O–H groups in total. The Labute approximate surface area is 191 Å². The first-order valence-corrected chi connectivity index (χ1v) is 11.0. The van der Waals surface area contributed by atoms with E-state index in [1.54, 1.807) is 38.1 Å². The molecule has 7 heteroatoms. The fourth-order valence-corrected chi connectivity index (χ4v) is 4.67. The van der Waals surface area contributed by atoms with Gasteiger partial charge in [0, 0.05) is 15.1 Å². The zero-order valence-electron chi connectivity index (χ0n) is 16.0. The Morgan fingerprint density at radius 1 is 1.03 bits per heavy atom. The number of hydrogen-bond acceptors (Lipinski definition) is 4. The van der Waals surface area contributed by atoms with Crippen LogP contribution in [-0.4, -0.2) is 22.4 Å². The van der Waals surface area contributed by atoms with Crippen molar-refractivity contribution in [1.29, 1.82) is 0 Å². The van der Waals surface area contributed by atoms with Gasteiger partial charge >= 0.3 is 5.97 Å². The van der Waals surface area contributed by atoms with Crippen LogP contribution in [0.5, 0.6) is 0 Å². The van der Waals surface area contributed by atoms with Gasteiger partial charge < -0.3 is 4.74 Å². The molecule has 0 amide bonds. The highest BCUT2D eigenvalue weighted by molar-refractivity contribution is 9.10. The number of ketones is 2. The van der Waals surface area contributed by atoms with E-state index in [0.29, 0.717) is 10.6 Å². The number of esters is 1. The van der Waals surface area contributed by atoms with Gasteiger partial charge in [0.1, 0.15) is 16.3 Å². The van der Waals surface area contributed by atoms with Crippen LogP contribution < -0.4 is 0 Å². The lowest BCUT2D eigenvalue weighted by atomic mass is 9.64. The van der Waals surface area contributed by atoms with Crippen molar-refractivity contribution >= 4 is 61.0 Å². The molecule has 4 nitrogen and oxygen atoms in total. The Morgan fingerprint density at radius 2 is 1.59 bits per heavy atom. The monoisotopic (exact) mass is 540 g/mol. The van der Waals surface area contributed by atoms with E-state index < -0.39 is 27.7 Å². The number of carbonyl (C=O) groups is 3. The highest BCUT2D eigenvalue weighted by Crippen LogP contribution is 2.50. The molecule has 3 atom stereocenters. The second-order valence-electron chi connectivity index (χ2n) is 7.82. The molecule has 0 aromatic heterocycles. The lowest BCUT2D eigenvalue weighted by Crippen LogP contribution is -2.59. The summed E-state index contributed by atoms with van der Waals surface area (Å²) in [7, 11) is 0. The third kappa shape index (κ3) is 3.82. The van der Waals surface area contributed by atoms with Crippen LogP contribution in [0.25, 0.3) is 0 Å². The molecule has 3 rings (SSSR count). The summed E-state index contributed by atoms with van der Waals surface area (Å²) in [6.45, 7) is 4.93. The van der Waals surface area contributed by atoms with Crippen molar-refractivity contribution in [3.63, 3.8) is 0 Å². The van der Waals surface area contributed by atoms with Crippen LogP contribution in [0.15, 0.2) is 53.0 Å². The molecule has 1 fully saturated rings. The molecule has 0 saturated carbocycles. The van der Waals surface area contributed by atoms with Gasteiger partial charge in [-0.25, -0.2) is 0 Å². The summed E-state index contributed by atoms with van der Waals surface area (Å²) in [5, 5.41) is 0.491. The van der Waals surface area contributed by atoms with Crippen molar-refractivity contribution in [3.8, 4) is 0 Å². The van der Waals surface area contributed by atoms with Gasteiger partial charge in [-0.3, -0.25) is 14.4 Å². The lowest BCUT2D eigenvalue weighted by Gasteiger charge is -2.46. The predicted octanol–water partition coefficient (Wildman–Crippen LogP) is 5.95. The average molecular weight is 543 g/mol. The van der Waals surface area contributed by atoms with Gasteiger partial charge in [0.05, 0.1) is 5.41 Å². The molecular weight excluding hydrogens is 523 g/mol. The number of Topliss-reactive ketones (excluding diaryl/α,β-unsaturated/α-hetero) is 2. The van der Waals surface area contributed by atoms with E-state index in [2.05, 4.69) is 31.9 Å². The summed E-state index contributed by atoms with van der Waals surface area (Å²) in [6, 6.07) is 13.6. The van der Waals surface area contributed by atoms with Crippen molar-refractivity contribution < 1.29 is 19.1 Å². The van der Waals surface area contributed by atoms with E-state index in [1.165, 1.54) is 6.92 Å². The Hall–Kier alpha value is -1.50. The first-order chi connectivity index (χ1) is 13.5. The molecule has 0 bridgehead atoms. The van der Waals surface area contributed by atoms with E-state index in [4.69, 9.17) is 16.3 Å². The van der Waals surface area contributed by atoms with E-state index >= 15 is 0 Å². The molecule has 1 aliphatic heterocycles. The maximum absolute atomic E-state index is 13.5. The van der Waals surface area contributed by atoms with Crippen LogP contribution in [0.1, 0.15) is 42.8 Å². The third-order valence-electron chi connectivity index (χ3n) is 5.40. The van der Waals surface area contributed by atoms with Gasteiger partial charge in [-0.1, -0.05) is 55.6 Å². The number of benzene rings is 2. The van der Waals surface area contributed by atoms with E-state index in [-0.39, 0.29) is 11.6 Å².